The molecule has 1 amide bonds. The first-order chi connectivity index (χ1) is 19.7. The van der Waals surface area contributed by atoms with Crippen LogP contribution >= 0.6 is 0 Å². The van der Waals surface area contributed by atoms with Crippen molar-refractivity contribution in [3.63, 3.8) is 0 Å². The molecule has 5 unspecified atom stereocenters. The van der Waals surface area contributed by atoms with Crippen LogP contribution in [0.3, 0.4) is 0 Å². The van der Waals surface area contributed by atoms with Crippen molar-refractivity contribution in [3.05, 3.63) is 65.2 Å². The fourth-order valence-electron chi connectivity index (χ4n) is 6.74. The Morgan fingerprint density at radius 2 is 1.68 bits per heavy atom. The second kappa shape index (κ2) is 9.35. The van der Waals surface area contributed by atoms with Crippen molar-refractivity contribution in [2.75, 3.05) is 42.2 Å². The van der Waals surface area contributed by atoms with E-state index in [2.05, 4.69) is 0 Å². The van der Waals surface area contributed by atoms with E-state index in [-0.39, 0.29) is 52.4 Å². The molecule has 0 bridgehead atoms. The summed E-state index contributed by atoms with van der Waals surface area (Å²) < 4.78 is 34.7. The monoisotopic (exact) mass is 565 g/mol. The van der Waals surface area contributed by atoms with Crippen molar-refractivity contribution in [1.29, 1.82) is 0 Å². The van der Waals surface area contributed by atoms with Crippen LogP contribution in [0.1, 0.15) is 22.6 Å². The van der Waals surface area contributed by atoms with E-state index in [1.807, 2.05) is 6.07 Å². The Labute approximate surface area is 236 Å². The average Bonchev–Trinajstić information content (AvgIpc) is 3.60. The number of ether oxygens (including phenoxy) is 6. The zero-order chi connectivity index (χ0) is 29.3. The van der Waals surface area contributed by atoms with E-state index in [1.165, 1.54) is 32.3 Å². The van der Waals surface area contributed by atoms with Gasteiger partial charge in [-0.25, -0.2) is 0 Å². The standard InChI is InChI=1S/C30H31NO10/c1-31(2)28(34)20-21(15-9-7-6-8-10-15)30(16-11-12-17(36-3)24(37-4)23(16)32)29(35,27(20)33)22-18(41-30)13-19-25(26(22)38-5)40-14-39-19/h6-13,20-21,27,32-33,35H,14H2,1-5H3. The van der Waals surface area contributed by atoms with Gasteiger partial charge in [0.1, 0.15) is 11.9 Å². The molecule has 2 heterocycles. The highest BCUT2D eigenvalue weighted by molar-refractivity contribution is 5.83. The summed E-state index contributed by atoms with van der Waals surface area (Å²) in [5.74, 6) is -2.07. The van der Waals surface area contributed by atoms with Gasteiger partial charge in [0.25, 0.3) is 0 Å². The number of carbonyl (C=O) groups excluding carboxylic acids is 1. The Hall–Kier alpha value is -4.35. The zero-order valence-corrected chi connectivity index (χ0v) is 23.2. The number of hydrogen-bond donors (Lipinski definition) is 3. The first kappa shape index (κ1) is 26.9. The number of methoxy groups -OCH3 is 3. The van der Waals surface area contributed by atoms with E-state index in [0.29, 0.717) is 11.3 Å². The number of nitrogens with zero attached hydrogens (tertiary/aromatic N) is 1. The highest BCUT2D eigenvalue weighted by atomic mass is 16.7. The molecule has 0 spiro atoms. The van der Waals surface area contributed by atoms with Crippen LogP contribution in [0.25, 0.3) is 0 Å². The number of phenolic OH excluding ortho intramolecular Hbond substituents is 1. The van der Waals surface area contributed by atoms with Gasteiger partial charge in [0.05, 0.1) is 32.8 Å². The van der Waals surface area contributed by atoms with Crippen molar-refractivity contribution >= 4 is 5.91 Å². The van der Waals surface area contributed by atoms with Gasteiger partial charge in [-0.15, -0.1) is 0 Å². The third-order valence-electron chi connectivity index (χ3n) is 8.38. The number of amides is 1. The number of aliphatic hydroxyl groups excluding tert-OH is 1. The molecule has 3 N–H and O–H groups in total. The van der Waals surface area contributed by atoms with Crippen LogP contribution < -0.4 is 28.4 Å². The topological polar surface area (TPSA) is 136 Å². The molecule has 2 aliphatic heterocycles. The van der Waals surface area contributed by atoms with Crippen molar-refractivity contribution in [1.82, 2.24) is 4.90 Å². The molecule has 1 aliphatic carbocycles. The molecule has 3 aliphatic rings. The fraction of sp³-hybridized carbons (Fsp3) is 0.367. The van der Waals surface area contributed by atoms with Crippen LogP contribution in [0.2, 0.25) is 0 Å². The average molecular weight is 566 g/mol. The molecule has 5 atom stereocenters. The van der Waals surface area contributed by atoms with Crippen molar-refractivity contribution in [2.24, 2.45) is 5.92 Å². The number of aromatic hydroxyl groups is 1. The molecule has 11 nitrogen and oxygen atoms in total. The van der Waals surface area contributed by atoms with Crippen LogP contribution in [0.15, 0.2) is 48.5 Å². The third kappa shape index (κ3) is 3.30. The van der Waals surface area contributed by atoms with Crippen molar-refractivity contribution in [3.8, 4) is 40.2 Å². The first-order valence-corrected chi connectivity index (χ1v) is 13.0. The summed E-state index contributed by atoms with van der Waals surface area (Å²) in [6.45, 7) is -0.0778. The summed E-state index contributed by atoms with van der Waals surface area (Å²) in [7, 11) is 7.34. The van der Waals surface area contributed by atoms with Crippen LogP contribution in [-0.2, 0) is 16.0 Å². The lowest BCUT2D eigenvalue weighted by molar-refractivity contribution is -0.156. The van der Waals surface area contributed by atoms with Gasteiger partial charge in [-0.1, -0.05) is 30.3 Å². The molecule has 41 heavy (non-hydrogen) atoms. The van der Waals surface area contributed by atoms with Gasteiger partial charge in [0, 0.05) is 31.6 Å². The number of phenols is 1. The Bertz CT molecular complexity index is 1530. The number of aliphatic hydroxyl groups is 2. The van der Waals surface area contributed by atoms with Gasteiger partial charge in [-0.05, 0) is 17.7 Å². The lowest BCUT2D eigenvalue weighted by atomic mass is 9.70. The van der Waals surface area contributed by atoms with E-state index >= 15 is 0 Å². The lowest BCUT2D eigenvalue weighted by Gasteiger charge is -2.41. The van der Waals surface area contributed by atoms with Crippen LogP contribution in [0.5, 0.6) is 40.2 Å². The predicted molar refractivity (Wildman–Crippen MR) is 144 cm³/mol. The number of carbonyl (C=O) groups is 1. The van der Waals surface area contributed by atoms with Crippen LogP contribution in [0, 0.1) is 5.92 Å². The Balaban J connectivity index is 1.76. The Morgan fingerprint density at radius 1 is 0.976 bits per heavy atom. The summed E-state index contributed by atoms with van der Waals surface area (Å²) in [5.41, 5.74) is -3.59. The minimum atomic E-state index is -2.34. The van der Waals surface area contributed by atoms with Gasteiger partial charge in [-0.3, -0.25) is 4.79 Å². The van der Waals surface area contributed by atoms with E-state index < -0.39 is 35.0 Å². The molecule has 3 aromatic rings. The van der Waals surface area contributed by atoms with Crippen molar-refractivity contribution < 1.29 is 48.5 Å². The molecule has 0 radical (unpaired) electrons. The molecular formula is C30H31NO10. The van der Waals surface area contributed by atoms with Gasteiger partial charge < -0.3 is 48.6 Å². The summed E-state index contributed by atoms with van der Waals surface area (Å²) in [6.07, 6.45) is -1.73. The van der Waals surface area contributed by atoms with Crippen LogP contribution in [0.4, 0.5) is 0 Å². The normalized spacial score (nSPS) is 27.0. The van der Waals surface area contributed by atoms with Gasteiger partial charge in [0.15, 0.2) is 34.2 Å². The molecule has 0 saturated heterocycles. The molecule has 1 saturated carbocycles. The third-order valence-corrected chi connectivity index (χ3v) is 8.38. The maximum Gasteiger partial charge on any atom is 0.231 e. The number of fused-ring (bicyclic) bond motifs is 4. The summed E-state index contributed by atoms with van der Waals surface area (Å²) in [5, 5.41) is 36.9. The second-order valence-electron chi connectivity index (χ2n) is 10.4. The number of rotatable bonds is 6. The fourth-order valence-corrected chi connectivity index (χ4v) is 6.74. The minimum absolute atomic E-state index is 0.00825. The number of benzene rings is 3. The molecule has 6 rings (SSSR count). The van der Waals surface area contributed by atoms with E-state index in [9.17, 15) is 20.1 Å². The first-order valence-electron chi connectivity index (χ1n) is 13.0. The molecular weight excluding hydrogens is 534 g/mol. The number of hydrogen-bond acceptors (Lipinski definition) is 10. The lowest BCUT2D eigenvalue weighted by Crippen LogP contribution is -2.52. The molecule has 1 fully saturated rings. The Morgan fingerprint density at radius 3 is 2.32 bits per heavy atom. The zero-order valence-electron chi connectivity index (χ0n) is 23.2. The maximum absolute atomic E-state index is 13.9. The summed E-state index contributed by atoms with van der Waals surface area (Å²) in [6, 6.07) is 13.6. The molecule has 3 aromatic carbocycles. The molecule has 216 valence electrons. The smallest absolute Gasteiger partial charge is 0.231 e. The van der Waals surface area contributed by atoms with Gasteiger partial charge in [-0.2, -0.15) is 0 Å². The highest BCUT2D eigenvalue weighted by Crippen LogP contribution is 2.73. The maximum atomic E-state index is 13.9. The van der Waals surface area contributed by atoms with Gasteiger partial charge in [0.2, 0.25) is 24.2 Å². The SMILES string of the molecule is COc1ccc(C23Oc4cc5c(c(OC)c4C2(O)C(O)C(C(=O)N(C)C)C3c2ccccc2)OCO5)c(O)c1OC. The molecule has 0 aromatic heterocycles. The van der Waals surface area contributed by atoms with E-state index in [1.54, 1.807) is 50.5 Å². The Kier molecular flexibility index (Phi) is 6.13. The van der Waals surface area contributed by atoms with Crippen LogP contribution in [-0.4, -0.2) is 74.4 Å². The summed E-state index contributed by atoms with van der Waals surface area (Å²) >= 11 is 0. The minimum Gasteiger partial charge on any atom is -0.504 e. The molecule has 11 heteroatoms. The highest BCUT2D eigenvalue weighted by Gasteiger charge is 2.79. The van der Waals surface area contributed by atoms with Gasteiger partial charge >= 0.3 is 0 Å². The van der Waals surface area contributed by atoms with Crippen molar-refractivity contribution in [2.45, 2.75) is 23.2 Å². The second-order valence-corrected chi connectivity index (χ2v) is 10.4. The predicted octanol–water partition coefficient (Wildman–Crippen LogP) is 2.48. The summed E-state index contributed by atoms with van der Waals surface area (Å²) in [4.78, 5) is 15.2. The largest absolute Gasteiger partial charge is 0.504 e. The van der Waals surface area contributed by atoms with E-state index in [4.69, 9.17) is 28.4 Å². The quantitative estimate of drug-likeness (QED) is 0.409. The van der Waals surface area contributed by atoms with E-state index in [0.717, 1.165) is 0 Å².